The summed E-state index contributed by atoms with van der Waals surface area (Å²) >= 11 is 0. The van der Waals surface area contributed by atoms with Crippen molar-refractivity contribution in [1.82, 2.24) is 4.90 Å². The summed E-state index contributed by atoms with van der Waals surface area (Å²) < 4.78 is 5.47. The van der Waals surface area contributed by atoms with E-state index in [0.717, 1.165) is 11.1 Å². The van der Waals surface area contributed by atoms with E-state index in [0.29, 0.717) is 18.8 Å². The van der Waals surface area contributed by atoms with Gasteiger partial charge in [-0.05, 0) is 36.2 Å². The number of carbonyl (C=O) groups is 3. The van der Waals surface area contributed by atoms with Crippen molar-refractivity contribution in [3.05, 3.63) is 102 Å². The normalized spacial score (nSPS) is 11.3. The summed E-state index contributed by atoms with van der Waals surface area (Å²) in [5.41, 5.74) is 2.71. The number of anilines is 1. The molecule has 0 saturated carbocycles. The minimum absolute atomic E-state index is 0.239. The highest BCUT2D eigenvalue weighted by Crippen LogP contribution is 2.16. The van der Waals surface area contributed by atoms with E-state index in [4.69, 9.17) is 4.74 Å². The second-order valence-corrected chi connectivity index (χ2v) is 7.48. The third-order valence-corrected chi connectivity index (χ3v) is 4.79. The molecule has 3 aromatic carbocycles. The van der Waals surface area contributed by atoms with Gasteiger partial charge in [0.25, 0.3) is 5.91 Å². The molecule has 6 heteroatoms. The Bertz CT molecular complexity index is 1030. The first-order valence-electron chi connectivity index (χ1n) is 10.4. The maximum absolute atomic E-state index is 13.2. The van der Waals surface area contributed by atoms with Gasteiger partial charge in [0.2, 0.25) is 5.91 Å². The van der Waals surface area contributed by atoms with Gasteiger partial charge in [0.15, 0.2) is 6.10 Å². The van der Waals surface area contributed by atoms with Gasteiger partial charge in [-0.15, -0.1) is 0 Å². The van der Waals surface area contributed by atoms with E-state index in [1.807, 2.05) is 60.7 Å². The molecule has 0 bridgehead atoms. The molecule has 0 heterocycles. The highest BCUT2D eigenvalue weighted by Gasteiger charge is 2.25. The molecule has 0 aromatic heterocycles. The molecule has 164 valence electrons. The van der Waals surface area contributed by atoms with E-state index in [1.165, 1.54) is 13.0 Å². The summed E-state index contributed by atoms with van der Waals surface area (Å²) in [6.45, 7) is 3.75. The molecule has 1 atom stereocenters. The zero-order valence-corrected chi connectivity index (χ0v) is 18.2. The third-order valence-electron chi connectivity index (χ3n) is 4.79. The van der Waals surface area contributed by atoms with E-state index < -0.39 is 12.1 Å². The Hall–Kier alpha value is -3.93. The minimum Gasteiger partial charge on any atom is -0.449 e. The molecule has 32 heavy (non-hydrogen) atoms. The van der Waals surface area contributed by atoms with Gasteiger partial charge in [0.1, 0.15) is 0 Å². The van der Waals surface area contributed by atoms with Gasteiger partial charge in [-0.1, -0.05) is 66.7 Å². The number of rotatable bonds is 8. The van der Waals surface area contributed by atoms with Crippen LogP contribution in [0.2, 0.25) is 0 Å². The predicted molar refractivity (Wildman–Crippen MR) is 123 cm³/mol. The summed E-state index contributed by atoms with van der Waals surface area (Å²) in [5, 5.41) is 2.63. The molecule has 0 saturated heterocycles. The van der Waals surface area contributed by atoms with Crippen LogP contribution >= 0.6 is 0 Å². The number of ether oxygens (including phenoxy) is 1. The summed E-state index contributed by atoms with van der Waals surface area (Å²) in [6.07, 6.45) is -0.973. The number of amides is 2. The van der Waals surface area contributed by atoms with Crippen LogP contribution < -0.4 is 5.32 Å². The Morgan fingerprint density at radius 2 is 1.41 bits per heavy atom. The van der Waals surface area contributed by atoms with E-state index in [1.54, 1.807) is 30.0 Å². The molecule has 1 N–H and O–H groups in total. The lowest BCUT2D eigenvalue weighted by Crippen LogP contribution is -2.39. The monoisotopic (exact) mass is 430 g/mol. The van der Waals surface area contributed by atoms with Gasteiger partial charge in [-0.2, -0.15) is 0 Å². The number of hydrogen-bond donors (Lipinski definition) is 1. The highest BCUT2D eigenvalue weighted by atomic mass is 16.5. The summed E-state index contributed by atoms with van der Waals surface area (Å²) in [7, 11) is 0. The predicted octanol–water partition coefficient (Wildman–Crippen LogP) is 4.42. The van der Waals surface area contributed by atoms with Crippen LogP contribution in [0.1, 0.15) is 35.3 Å². The SMILES string of the molecule is CC(=O)Nc1cccc(C(=O)OC(C)C(=O)N(Cc2ccccc2)Cc2ccccc2)c1. The van der Waals surface area contributed by atoms with Crippen LogP contribution in [-0.4, -0.2) is 28.8 Å². The van der Waals surface area contributed by atoms with Crippen molar-refractivity contribution in [3.63, 3.8) is 0 Å². The number of nitrogens with zero attached hydrogens (tertiary/aromatic N) is 1. The third kappa shape index (κ3) is 6.54. The lowest BCUT2D eigenvalue weighted by molar-refractivity contribution is -0.141. The van der Waals surface area contributed by atoms with Crippen LogP contribution in [0.4, 0.5) is 5.69 Å². The first-order valence-corrected chi connectivity index (χ1v) is 10.4. The fourth-order valence-electron chi connectivity index (χ4n) is 3.28. The Labute approximate surface area is 187 Å². The highest BCUT2D eigenvalue weighted by molar-refractivity contribution is 5.95. The second kappa shape index (κ2) is 10.9. The molecule has 0 aliphatic carbocycles. The van der Waals surface area contributed by atoms with Gasteiger partial charge in [0.05, 0.1) is 5.56 Å². The van der Waals surface area contributed by atoms with Gasteiger partial charge in [-0.25, -0.2) is 4.79 Å². The molecule has 0 aliphatic heterocycles. The average Bonchev–Trinajstić information content (AvgIpc) is 2.79. The van der Waals surface area contributed by atoms with Gasteiger partial charge >= 0.3 is 5.97 Å². The molecular weight excluding hydrogens is 404 g/mol. The lowest BCUT2D eigenvalue weighted by Gasteiger charge is -2.26. The van der Waals surface area contributed by atoms with E-state index >= 15 is 0 Å². The molecule has 2 amide bonds. The fourth-order valence-corrected chi connectivity index (χ4v) is 3.28. The molecule has 1 unspecified atom stereocenters. The zero-order chi connectivity index (χ0) is 22.9. The van der Waals surface area contributed by atoms with Gasteiger partial charge < -0.3 is 15.0 Å². The number of hydrogen-bond acceptors (Lipinski definition) is 4. The Morgan fingerprint density at radius 3 is 1.94 bits per heavy atom. The van der Waals surface area contributed by atoms with Crippen molar-refractivity contribution >= 4 is 23.5 Å². The van der Waals surface area contributed by atoms with Crippen molar-refractivity contribution in [2.45, 2.75) is 33.0 Å². The first kappa shape index (κ1) is 22.7. The summed E-state index contributed by atoms with van der Waals surface area (Å²) in [4.78, 5) is 38.8. The lowest BCUT2D eigenvalue weighted by atomic mass is 10.1. The van der Waals surface area contributed by atoms with Crippen LogP contribution in [0, 0.1) is 0 Å². The first-order chi connectivity index (χ1) is 15.4. The molecule has 0 fully saturated rings. The smallest absolute Gasteiger partial charge is 0.338 e. The van der Waals surface area contributed by atoms with Gasteiger partial charge in [-0.3, -0.25) is 9.59 Å². The second-order valence-electron chi connectivity index (χ2n) is 7.48. The van der Waals surface area contributed by atoms with Crippen molar-refractivity contribution in [1.29, 1.82) is 0 Å². The molecule has 3 rings (SSSR count). The van der Waals surface area contributed by atoms with Crippen LogP contribution in [0.25, 0.3) is 0 Å². The van der Waals surface area contributed by atoms with E-state index in [2.05, 4.69) is 5.32 Å². The molecule has 6 nitrogen and oxygen atoms in total. The Morgan fingerprint density at radius 1 is 0.844 bits per heavy atom. The van der Waals surface area contributed by atoms with Crippen LogP contribution in [0.3, 0.4) is 0 Å². The number of esters is 1. The summed E-state index contributed by atoms with van der Waals surface area (Å²) in [6, 6.07) is 25.8. The number of benzene rings is 3. The maximum atomic E-state index is 13.2. The van der Waals surface area contributed by atoms with Crippen molar-refractivity contribution in [2.24, 2.45) is 0 Å². The number of carbonyl (C=O) groups excluding carboxylic acids is 3. The maximum Gasteiger partial charge on any atom is 0.338 e. The topological polar surface area (TPSA) is 75.7 Å². The quantitative estimate of drug-likeness (QED) is 0.537. The average molecular weight is 431 g/mol. The van der Waals surface area contributed by atoms with Crippen LogP contribution in [0.5, 0.6) is 0 Å². The van der Waals surface area contributed by atoms with Gasteiger partial charge in [0, 0.05) is 25.7 Å². The summed E-state index contributed by atoms with van der Waals surface area (Å²) in [5.74, 6) is -1.15. The molecule has 0 spiro atoms. The molecular formula is C26H26N2O4. The largest absolute Gasteiger partial charge is 0.449 e. The van der Waals surface area contributed by atoms with Crippen molar-refractivity contribution in [3.8, 4) is 0 Å². The minimum atomic E-state index is -0.973. The molecule has 3 aromatic rings. The zero-order valence-electron chi connectivity index (χ0n) is 18.2. The van der Waals surface area contributed by atoms with E-state index in [-0.39, 0.29) is 17.4 Å². The Kier molecular flexibility index (Phi) is 7.75. The van der Waals surface area contributed by atoms with E-state index in [9.17, 15) is 14.4 Å². The molecule has 0 radical (unpaired) electrons. The standard InChI is InChI=1S/C26H26N2O4/c1-19(32-26(31)23-14-9-15-24(16-23)27-20(2)29)25(30)28(17-21-10-5-3-6-11-21)18-22-12-7-4-8-13-22/h3-16,19H,17-18H2,1-2H3,(H,27,29). The van der Waals surface area contributed by atoms with Crippen molar-refractivity contribution in [2.75, 3.05) is 5.32 Å². The van der Waals surface area contributed by atoms with Crippen LogP contribution in [0.15, 0.2) is 84.9 Å². The Balaban J connectivity index is 1.73. The number of nitrogens with one attached hydrogen (secondary N) is 1. The van der Waals surface area contributed by atoms with Crippen molar-refractivity contribution < 1.29 is 19.1 Å². The van der Waals surface area contributed by atoms with Crippen LogP contribution in [-0.2, 0) is 27.4 Å². The molecule has 0 aliphatic rings. The fraction of sp³-hybridized carbons (Fsp3) is 0.192.